The van der Waals surface area contributed by atoms with Gasteiger partial charge in [-0.25, -0.2) is 0 Å². The van der Waals surface area contributed by atoms with Crippen LogP contribution in [0.3, 0.4) is 0 Å². The molecule has 2 aliphatic heterocycles. The molecule has 13 heteroatoms. The normalized spacial score (nSPS) is 43.7. The summed E-state index contributed by atoms with van der Waals surface area (Å²) in [5, 5.41) is 67.5. The van der Waals surface area contributed by atoms with Crippen molar-refractivity contribution in [3.05, 3.63) is 0 Å². The summed E-state index contributed by atoms with van der Waals surface area (Å²) in [5.74, 6) is 0. The van der Waals surface area contributed by atoms with Crippen molar-refractivity contribution in [1.29, 1.82) is 0 Å². The average Bonchev–Trinajstić information content (AvgIpc) is 2.61. The molecular weight excluding hydrogens is 600 g/mol. The first-order chi connectivity index (χ1) is 12.5. The summed E-state index contributed by atoms with van der Waals surface area (Å²) in [4.78, 5) is 0. The largest absolute Gasteiger partial charge is 1.00 e. The van der Waals surface area contributed by atoms with Crippen LogP contribution in [-0.2, 0) is 49.2 Å². The van der Waals surface area contributed by atoms with Crippen LogP contribution in [0.5, 0.6) is 0 Å². The second kappa shape index (κ2) is 13.5. The van der Waals surface area contributed by atoms with Crippen molar-refractivity contribution in [3.8, 4) is 0 Å². The van der Waals surface area contributed by atoms with Crippen molar-refractivity contribution in [2.75, 3.05) is 33.2 Å². The van der Waals surface area contributed by atoms with Crippen molar-refractivity contribution >= 4 is 20.6 Å². The first-order valence-corrected chi connectivity index (χ1v) is 12.0. The second-order valence-electron chi connectivity index (χ2n) is 7.00. The third kappa shape index (κ3) is 7.67. The number of ether oxygens (including phenoxy) is 3. The van der Waals surface area contributed by atoms with Crippen molar-refractivity contribution in [1.82, 2.24) is 0 Å². The zero-order chi connectivity index (χ0) is 20.9. The molecule has 0 bridgehead atoms. The molecule has 10 atom stereocenters. The van der Waals surface area contributed by atoms with Crippen LogP contribution in [0, 0.1) is 0 Å². The molecule has 2 rings (SSSR count). The molecule has 2 heterocycles. The average molecular weight is 631 g/mol. The van der Waals surface area contributed by atoms with Gasteiger partial charge < -0.3 is 62.6 Å². The van der Waals surface area contributed by atoms with E-state index in [1.54, 1.807) is 0 Å². The van der Waals surface area contributed by atoms with Gasteiger partial charge in [0.25, 0.3) is 0 Å². The summed E-state index contributed by atoms with van der Waals surface area (Å²) >= 11 is 4.80. The van der Waals surface area contributed by atoms with Gasteiger partial charge in [0.1, 0.15) is 42.7 Å². The van der Waals surface area contributed by atoms with E-state index in [1.165, 1.54) is 0 Å². The van der Waals surface area contributed by atoms with Crippen LogP contribution in [0.1, 0.15) is 0 Å². The Balaban J connectivity index is 0.00000133. The topological polar surface area (TPSA) is 169 Å². The summed E-state index contributed by atoms with van der Waals surface area (Å²) < 4.78 is 15.6. The Labute approximate surface area is 186 Å². The van der Waals surface area contributed by atoms with Gasteiger partial charge in [-0.1, -0.05) is 0 Å². The zero-order valence-corrected chi connectivity index (χ0v) is 19.7. The van der Waals surface area contributed by atoms with Crippen molar-refractivity contribution < 1.29 is 72.3 Å². The SMILES string of the molecule is C[PH+](C)C.OCC1O[C@H](O[C@@H]2C(CO)O[C@@H]([S-])C(O)[C@H]2O)C(O)[C@@H](O)[C@@H]1O.[Au+]. The molecule has 0 aromatic carbocycles. The fraction of sp³-hybridized carbons (Fsp3) is 1.00. The third-order valence-electron chi connectivity index (χ3n) is 3.96. The summed E-state index contributed by atoms with van der Waals surface area (Å²) in [5.41, 5.74) is -1.16. The molecule has 2 fully saturated rings. The Kier molecular flexibility index (Phi) is 14.1. The van der Waals surface area contributed by atoms with Gasteiger partial charge in [0.15, 0.2) is 6.29 Å². The Morgan fingerprint density at radius 2 is 1.29 bits per heavy atom. The van der Waals surface area contributed by atoms with Crippen molar-refractivity contribution in [2.24, 2.45) is 0 Å². The van der Waals surface area contributed by atoms with E-state index in [9.17, 15) is 30.6 Å². The van der Waals surface area contributed by atoms with E-state index < -0.39 is 73.8 Å². The Morgan fingerprint density at radius 1 is 0.786 bits per heavy atom. The van der Waals surface area contributed by atoms with Crippen LogP contribution < -0.4 is 0 Å². The molecule has 0 spiro atoms. The predicted molar refractivity (Wildman–Crippen MR) is 99.9 cm³/mol. The van der Waals surface area contributed by atoms with Gasteiger partial charge in [-0.15, -0.1) is 0 Å². The Morgan fingerprint density at radius 3 is 1.75 bits per heavy atom. The van der Waals surface area contributed by atoms with Crippen LogP contribution in [0.15, 0.2) is 0 Å². The molecule has 0 aliphatic carbocycles. The molecule has 0 aromatic heterocycles. The quantitative estimate of drug-likeness (QED) is 0.0925. The monoisotopic (exact) mass is 631 g/mol. The number of hydrogen-bond acceptors (Lipinski definition) is 11. The summed E-state index contributed by atoms with van der Waals surface area (Å²) in [6.07, 6.45) is -13.0. The van der Waals surface area contributed by atoms with Crippen LogP contribution in [0.25, 0.3) is 0 Å². The second-order valence-corrected chi connectivity index (χ2v) is 10.5. The zero-order valence-electron chi connectivity index (χ0n) is 15.8. The number of aliphatic hydroxyl groups excluding tert-OH is 7. The summed E-state index contributed by atoms with van der Waals surface area (Å²) in [6, 6.07) is 0. The van der Waals surface area contributed by atoms with Crippen LogP contribution in [0.2, 0.25) is 0 Å². The Bertz CT molecular complexity index is 433. The predicted octanol–water partition coefficient (Wildman–Crippen LogP) is -3.76. The van der Waals surface area contributed by atoms with Gasteiger partial charge in [-0.05, 0) is 13.4 Å². The van der Waals surface area contributed by atoms with Crippen LogP contribution in [0.4, 0.5) is 0 Å². The van der Waals surface area contributed by atoms with Crippen LogP contribution in [-0.4, -0.2) is 130 Å². The van der Waals surface area contributed by atoms with Crippen molar-refractivity contribution in [2.45, 2.75) is 60.6 Å². The smallest absolute Gasteiger partial charge is 0.759 e. The molecule has 0 saturated carbocycles. The summed E-state index contributed by atoms with van der Waals surface area (Å²) in [7, 11) is 0.120. The molecule has 0 amide bonds. The maximum absolute atomic E-state index is 10.0. The maximum Gasteiger partial charge on any atom is 1.00 e. The Hall–Kier alpha value is 1.12. The van der Waals surface area contributed by atoms with E-state index in [0.29, 0.717) is 0 Å². The number of hydrogen-bond donors (Lipinski definition) is 7. The minimum absolute atomic E-state index is 0. The summed E-state index contributed by atoms with van der Waals surface area (Å²) in [6.45, 7) is 5.58. The minimum Gasteiger partial charge on any atom is -0.759 e. The molecular formula is C15H31AuO10PS+. The molecule has 2 aliphatic rings. The van der Waals surface area contributed by atoms with Crippen LogP contribution >= 0.6 is 7.92 Å². The van der Waals surface area contributed by atoms with E-state index in [1.807, 2.05) is 0 Å². The standard InChI is InChI=1S/C12H22O10S.C3H9P.Au/c13-1-3-5(15)6(16)8(18)11(20-3)22-10-4(2-14)21-12(23)9(19)7(10)17;1-4(2)3;/h3-19,23H,1-2H2;1-3H3;/q;;+1/t3?,4?,5-,6+,7-,8?,9?,10-,11-,12+;;/m1../s1. The molecule has 28 heavy (non-hydrogen) atoms. The van der Waals surface area contributed by atoms with E-state index >= 15 is 0 Å². The molecule has 4 unspecified atom stereocenters. The fourth-order valence-electron chi connectivity index (χ4n) is 2.56. The molecule has 2 saturated heterocycles. The van der Waals surface area contributed by atoms with E-state index in [2.05, 4.69) is 20.0 Å². The van der Waals surface area contributed by atoms with E-state index in [-0.39, 0.29) is 30.3 Å². The first-order valence-electron chi connectivity index (χ1n) is 8.56. The number of rotatable bonds is 4. The first kappa shape index (κ1) is 29.1. The maximum atomic E-state index is 10.0. The van der Waals surface area contributed by atoms with Crippen molar-refractivity contribution in [3.63, 3.8) is 0 Å². The molecule has 10 nitrogen and oxygen atoms in total. The van der Waals surface area contributed by atoms with Gasteiger partial charge in [0.05, 0.1) is 19.3 Å². The van der Waals surface area contributed by atoms with Gasteiger partial charge in [0.2, 0.25) is 0 Å². The van der Waals surface area contributed by atoms with E-state index in [4.69, 9.17) is 31.9 Å². The fourth-order valence-corrected chi connectivity index (χ4v) is 2.86. The van der Waals surface area contributed by atoms with Gasteiger partial charge >= 0.3 is 22.4 Å². The molecule has 7 N–H and O–H groups in total. The number of aliphatic hydroxyl groups is 7. The molecule has 0 aromatic rings. The molecule has 0 radical (unpaired) electrons. The van der Waals surface area contributed by atoms with Gasteiger partial charge in [-0.2, -0.15) is 0 Å². The molecule has 172 valence electrons. The van der Waals surface area contributed by atoms with Gasteiger partial charge in [0, 0.05) is 20.0 Å². The third-order valence-corrected chi connectivity index (χ3v) is 4.35. The van der Waals surface area contributed by atoms with Gasteiger partial charge in [-0.3, -0.25) is 0 Å². The minimum atomic E-state index is -1.68. The van der Waals surface area contributed by atoms with E-state index in [0.717, 1.165) is 0 Å².